The van der Waals surface area contributed by atoms with Crippen molar-refractivity contribution in [2.75, 3.05) is 0 Å². The minimum atomic E-state index is 0.320. The molecule has 1 aromatic carbocycles. The molecule has 2 aromatic rings. The number of phenols is 1. The summed E-state index contributed by atoms with van der Waals surface area (Å²) in [4.78, 5) is 0. The summed E-state index contributed by atoms with van der Waals surface area (Å²) < 4.78 is 1.99. The minimum Gasteiger partial charge on any atom is -0.507 e. The van der Waals surface area contributed by atoms with E-state index in [-0.39, 0.29) is 0 Å². The number of halogens is 1. The number of rotatable bonds is 1. The molecule has 0 aliphatic carbocycles. The predicted molar refractivity (Wildman–Crippen MR) is 60.6 cm³/mol. The van der Waals surface area contributed by atoms with Gasteiger partial charge in [-0.2, -0.15) is 0 Å². The Morgan fingerprint density at radius 1 is 1.46 bits per heavy atom. The second kappa shape index (κ2) is 3.31. The molecule has 1 nitrogen and oxygen atoms in total. The highest BCUT2D eigenvalue weighted by molar-refractivity contribution is 9.10. The molecule has 0 radical (unpaired) electrons. The van der Waals surface area contributed by atoms with E-state index in [9.17, 15) is 5.11 Å². The van der Waals surface area contributed by atoms with Gasteiger partial charge in [-0.25, -0.2) is 0 Å². The molecule has 0 aliphatic rings. The summed E-state index contributed by atoms with van der Waals surface area (Å²) in [7, 11) is 0. The molecule has 0 bridgehead atoms. The Bertz CT molecular complexity index is 447. The number of thiophene rings is 1. The molecule has 2 rings (SSSR count). The van der Waals surface area contributed by atoms with E-state index < -0.39 is 0 Å². The Morgan fingerprint density at radius 2 is 2.23 bits per heavy atom. The Morgan fingerprint density at radius 3 is 2.92 bits per heavy atom. The first-order valence-corrected chi connectivity index (χ1v) is 5.78. The van der Waals surface area contributed by atoms with Crippen LogP contribution in [0.25, 0.3) is 10.1 Å². The van der Waals surface area contributed by atoms with E-state index in [0.29, 0.717) is 5.75 Å². The van der Waals surface area contributed by atoms with Gasteiger partial charge in [-0.05, 0) is 50.8 Å². The van der Waals surface area contributed by atoms with Crippen LogP contribution in [-0.2, 0) is 6.42 Å². The largest absolute Gasteiger partial charge is 0.507 e. The maximum absolute atomic E-state index is 9.51. The highest BCUT2D eigenvalue weighted by atomic mass is 79.9. The van der Waals surface area contributed by atoms with Crippen molar-refractivity contribution >= 4 is 37.4 Å². The van der Waals surface area contributed by atoms with Crippen LogP contribution in [0, 0.1) is 0 Å². The molecule has 3 heteroatoms. The van der Waals surface area contributed by atoms with Crippen LogP contribution in [0.3, 0.4) is 0 Å². The predicted octanol–water partition coefficient (Wildman–Crippen LogP) is 3.93. The molecule has 0 amide bonds. The summed E-state index contributed by atoms with van der Waals surface area (Å²) >= 11 is 5.02. The van der Waals surface area contributed by atoms with Gasteiger partial charge in [0, 0.05) is 4.70 Å². The minimum absolute atomic E-state index is 0.320. The molecule has 0 spiro atoms. The molecule has 1 heterocycles. The second-order valence-electron chi connectivity index (χ2n) is 2.91. The number of hydrogen-bond donors (Lipinski definition) is 1. The molecular formula is C10H9BrOS. The summed E-state index contributed by atoms with van der Waals surface area (Å²) in [5.41, 5.74) is 1.31. The summed E-state index contributed by atoms with van der Waals surface area (Å²) in [6.07, 6.45) is 1.01. The number of hydrogen-bond acceptors (Lipinski definition) is 2. The van der Waals surface area contributed by atoms with E-state index in [4.69, 9.17) is 0 Å². The fraction of sp³-hybridized carbons (Fsp3) is 0.200. The standard InChI is InChI=1S/C10H9BrOS/c1-2-6-5-13-10-4-8(11)9(12)3-7(6)10/h3-5,12H,2H2,1H3. The zero-order valence-corrected chi connectivity index (χ0v) is 9.58. The average molecular weight is 257 g/mol. The topological polar surface area (TPSA) is 20.2 Å². The van der Waals surface area contributed by atoms with Crippen LogP contribution < -0.4 is 0 Å². The van der Waals surface area contributed by atoms with E-state index in [1.165, 1.54) is 15.6 Å². The summed E-state index contributed by atoms with van der Waals surface area (Å²) in [5.74, 6) is 0.320. The number of phenolic OH excluding ortho intramolecular Hbond substituents is 1. The van der Waals surface area contributed by atoms with E-state index in [1.54, 1.807) is 11.3 Å². The molecule has 0 fully saturated rings. The van der Waals surface area contributed by atoms with Crippen LogP contribution in [0.2, 0.25) is 0 Å². The van der Waals surface area contributed by atoms with Gasteiger partial charge < -0.3 is 5.11 Å². The Balaban J connectivity index is 2.77. The zero-order valence-electron chi connectivity index (χ0n) is 7.17. The monoisotopic (exact) mass is 256 g/mol. The van der Waals surface area contributed by atoms with Gasteiger partial charge in [0.25, 0.3) is 0 Å². The van der Waals surface area contributed by atoms with E-state index >= 15 is 0 Å². The summed E-state index contributed by atoms with van der Waals surface area (Å²) in [6, 6.07) is 3.79. The smallest absolute Gasteiger partial charge is 0.130 e. The fourth-order valence-electron chi connectivity index (χ4n) is 1.36. The van der Waals surface area contributed by atoms with Crippen LogP contribution in [0.5, 0.6) is 5.75 Å². The Kier molecular flexibility index (Phi) is 2.30. The van der Waals surface area contributed by atoms with Crippen LogP contribution in [0.1, 0.15) is 12.5 Å². The van der Waals surface area contributed by atoms with Gasteiger partial charge in [0.15, 0.2) is 0 Å². The maximum atomic E-state index is 9.51. The highest BCUT2D eigenvalue weighted by Gasteiger charge is 2.05. The molecule has 13 heavy (non-hydrogen) atoms. The SMILES string of the molecule is CCc1csc2cc(Br)c(O)cc12. The van der Waals surface area contributed by atoms with Crippen LogP contribution >= 0.6 is 27.3 Å². The van der Waals surface area contributed by atoms with Gasteiger partial charge in [0.2, 0.25) is 0 Å². The molecule has 1 aromatic heterocycles. The molecule has 0 unspecified atom stereocenters. The van der Waals surface area contributed by atoms with Crippen molar-refractivity contribution in [1.82, 2.24) is 0 Å². The first-order valence-electron chi connectivity index (χ1n) is 4.11. The Hall–Kier alpha value is -0.540. The average Bonchev–Trinajstić information content (AvgIpc) is 2.48. The number of aromatic hydroxyl groups is 1. The van der Waals surface area contributed by atoms with E-state index in [1.807, 2.05) is 12.1 Å². The third-order valence-electron chi connectivity index (χ3n) is 2.10. The van der Waals surface area contributed by atoms with Gasteiger partial charge in [-0.15, -0.1) is 11.3 Å². The number of fused-ring (bicyclic) bond motifs is 1. The van der Waals surface area contributed by atoms with Crippen molar-refractivity contribution in [2.45, 2.75) is 13.3 Å². The summed E-state index contributed by atoms with van der Waals surface area (Å²) in [6.45, 7) is 2.13. The zero-order chi connectivity index (χ0) is 9.42. The first kappa shape index (κ1) is 9.03. The van der Waals surface area contributed by atoms with Crippen LogP contribution in [0.15, 0.2) is 22.0 Å². The van der Waals surface area contributed by atoms with Gasteiger partial charge in [-0.3, -0.25) is 0 Å². The number of aryl methyl sites for hydroxylation is 1. The van der Waals surface area contributed by atoms with Gasteiger partial charge in [-0.1, -0.05) is 6.92 Å². The van der Waals surface area contributed by atoms with E-state index in [0.717, 1.165) is 10.9 Å². The lowest BCUT2D eigenvalue weighted by molar-refractivity contribution is 0.473. The van der Waals surface area contributed by atoms with Crippen molar-refractivity contribution in [3.63, 3.8) is 0 Å². The quantitative estimate of drug-likeness (QED) is 0.820. The lowest BCUT2D eigenvalue weighted by atomic mass is 10.1. The van der Waals surface area contributed by atoms with E-state index in [2.05, 4.69) is 28.2 Å². The molecule has 0 aliphatic heterocycles. The van der Waals surface area contributed by atoms with Crippen LogP contribution in [0.4, 0.5) is 0 Å². The molecule has 0 atom stereocenters. The lowest BCUT2D eigenvalue weighted by Crippen LogP contribution is -1.75. The molecule has 0 saturated carbocycles. The summed E-state index contributed by atoms with van der Waals surface area (Å²) in [5, 5.41) is 12.8. The first-order chi connectivity index (χ1) is 6.22. The van der Waals surface area contributed by atoms with Gasteiger partial charge in [0.1, 0.15) is 5.75 Å². The normalized spacial score (nSPS) is 10.9. The maximum Gasteiger partial charge on any atom is 0.130 e. The van der Waals surface area contributed by atoms with Crippen molar-refractivity contribution < 1.29 is 5.11 Å². The van der Waals surface area contributed by atoms with Crippen molar-refractivity contribution in [1.29, 1.82) is 0 Å². The third-order valence-corrected chi connectivity index (χ3v) is 3.73. The highest BCUT2D eigenvalue weighted by Crippen LogP contribution is 2.34. The van der Waals surface area contributed by atoms with Gasteiger partial charge >= 0.3 is 0 Å². The van der Waals surface area contributed by atoms with Crippen LogP contribution in [-0.4, -0.2) is 5.11 Å². The molecule has 0 saturated heterocycles. The third kappa shape index (κ3) is 1.46. The number of benzene rings is 1. The second-order valence-corrected chi connectivity index (χ2v) is 4.68. The Labute approximate surface area is 89.1 Å². The van der Waals surface area contributed by atoms with Gasteiger partial charge in [0.05, 0.1) is 4.47 Å². The fourth-order valence-corrected chi connectivity index (χ4v) is 2.92. The van der Waals surface area contributed by atoms with Crippen molar-refractivity contribution in [3.8, 4) is 5.75 Å². The molecule has 1 N–H and O–H groups in total. The molecule has 68 valence electrons. The van der Waals surface area contributed by atoms with Crippen molar-refractivity contribution in [3.05, 3.63) is 27.5 Å². The molecular weight excluding hydrogens is 248 g/mol. The lowest BCUT2D eigenvalue weighted by Gasteiger charge is -1.98. The van der Waals surface area contributed by atoms with Crippen molar-refractivity contribution in [2.24, 2.45) is 0 Å².